The second-order valence-electron chi connectivity index (χ2n) is 7.62. The highest BCUT2D eigenvalue weighted by Crippen LogP contribution is 2.23. The minimum Gasteiger partial charge on any atom is -0.490 e. The number of anilines is 1. The predicted octanol–water partition coefficient (Wildman–Crippen LogP) is 3.66. The molecule has 3 aromatic rings. The van der Waals surface area contributed by atoms with Gasteiger partial charge in [-0.15, -0.1) is 0 Å². The maximum absolute atomic E-state index is 13.0. The van der Waals surface area contributed by atoms with Crippen molar-refractivity contribution in [2.45, 2.75) is 46.0 Å². The maximum atomic E-state index is 13.0. The van der Waals surface area contributed by atoms with E-state index in [9.17, 15) is 4.79 Å². The molecule has 3 aromatic heterocycles. The Morgan fingerprint density at radius 1 is 1.16 bits per heavy atom. The summed E-state index contributed by atoms with van der Waals surface area (Å²) in [4.78, 5) is 40.8. The van der Waals surface area contributed by atoms with Crippen molar-refractivity contribution in [3.8, 4) is 5.75 Å². The van der Waals surface area contributed by atoms with Crippen LogP contribution >= 0.6 is 0 Å². The zero-order valence-electron chi connectivity index (χ0n) is 18.5. The van der Waals surface area contributed by atoms with Crippen LogP contribution in [0, 0.1) is 6.92 Å². The molecule has 168 valence electrons. The molecule has 0 unspecified atom stereocenters. The smallest absolute Gasteiger partial charge is 0.373 e. The van der Waals surface area contributed by atoms with Crippen LogP contribution in [0.2, 0.25) is 0 Å². The number of imidazole rings is 1. The van der Waals surface area contributed by atoms with Gasteiger partial charge in [0.1, 0.15) is 11.5 Å². The molecule has 8 nitrogen and oxygen atoms in total. The number of piperidine rings is 1. The molecule has 0 aromatic carbocycles. The van der Waals surface area contributed by atoms with E-state index in [1.165, 1.54) is 19.3 Å². The molecule has 0 radical (unpaired) electrons. The standard InChI is InChI=1S/C23H28N4O2.CO2/c1-3-29-20-8-7-15-27-22(17(2)25-23(20)27)19(28)11-9-18-10-12-21(24-16-18)26-13-5-4-6-14-26;2-1-3/h7-8,10,12,15-16H,3-6,9,11,13-14H2,1-2H3;. The Kier molecular flexibility index (Phi) is 8.11. The summed E-state index contributed by atoms with van der Waals surface area (Å²) in [5.74, 6) is 1.83. The number of Topliss-reactive ketones (excluding diaryl/α,β-unsaturated/α-hetero) is 1. The van der Waals surface area contributed by atoms with Gasteiger partial charge in [0.15, 0.2) is 17.2 Å². The quantitative estimate of drug-likeness (QED) is 0.522. The predicted molar refractivity (Wildman–Crippen MR) is 119 cm³/mol. The van der Waals surface area contributed by atoms with Crippen LogP contribution in [-0.4, -0.2) is 46.0 Å². The molecule has 0 N–H and O–H groups in total. The number of hydrogen-bond acceptors (Lipinski definition) is 7. The van der Waals surface area contributed by atoms with E-state index in [2.05, 4.69) is 27.0 Å². The number of nitrogens with zero attached hydrogens (tertiary/aromatic N) is 4. The molecule has 4 rings (SSSR count). The van der Waals surface area contributed by atoms with E-state index < -0.39 is 0 Å². The number of fused-ring (bicyclic) bond motifs is 1. The third-order valence-corrected chi connectivity index (χ3v) is 5.48. The summed E-state index contributed by atoms with van der Waals surface area (Å²) in [6, 6.07) is 7.95. The van der Waals surface area contributed by atoms with Gasteiger partial charge in [0, 0.05) is 31.9 Å². The van der Waals surface area contributed by atoms with Crippen molar-refractivity contribution in [3.63, 3.8) is 0 Å². The summed E-state index contributed by atoms with van der Waals surface area (Å²) in [6.45, 7) is 6.56. The van der Waals surface area contributed by atoms with E-state index in [1.54, 1.807) is 0 Å². The van der Waals surface area contributed by atoms with Crippen molar-refractivity contribution in [2.24, 2.45) is 0 Å². The molecule has 4 heterocycles. The van der Waals surface area contributed by atoms with Gasteiger partial charge >= 0.3 is 6.15 Å². The van der Waals surface area contributed by atoms with Gasteiger partial charge in [-0.05, 0) is 63.3 Å². The number of aromatic nitrogens is 3. The van der Waals surface area contributed by atoms with E-state index in [1.807, 2.05) is 42.8 Å². The molecule has 0 bridgehead atoms. The molecule has 1 saturated heterocycles. The van der Waals surface area contributed by atoms with Crippen LogP contribution in [0.15, 0.2) is 36.7 Å². The van der Waals surface area contributed by atoms with Crippen LogP contribution in [0.1, 0.15) is 54.4 Å². The number of pyridine rings is 2. The SMILES string of the molecule is CCOc1cccn2c(C(=O)CCc3ccc(N4CCCCC4)nc3)c(C)nc12.O=C=O. The summed E-state index contributed by atoms with van der Waals surface area (Å²) in [5, 5.41) is 0. The average Bonchev–Trinajstić information content (AvgIpc) is 3.16. The highest BCUT2D eigenvalue weighted by atomic mass is 16.5. The highest BCUT2D eigenvalue weighted by Gasteiger charge is 2.19. The van der Waals surface area contributed by atoms with Gasteiger partial charge in [-0.1, -0.05) is 6.07 Å². The van der Waals surface area contributed by atoms with Crippen molar-refractivity contribution in [3.05, 3.63) is 53.6 Å². The van der Waals surface area contributed by atoms with Crippen molar-refractivity contribution >= 4 is 23.4 Å². The second-order valence-corrected chi connectivity index (χ2v) is 7.62. The fourth-order valence-corrected chi connectivity index (χ4v) is 4.01. The third kappa shape index (κ3) is 5.39. The normalized spacial score (nSPS) is 13.2. The Hall–Kier alpha value is -3.51. The Balaban J connectivity index is 0.000000913. The van der Waals surface area contributed by atoms with Crippen molar-refractivity contribution in [1.29, 1.82) is 0 Å². The minimum atomic E-state index is 0.0868. The first-order valence-electron chi connectivity index (χ1n) is 10.9. The maximum Gasteiger partial charge on any atom is 0.373 e. The minimum absolute atomic E-state index is 0.0868. The van der Waals surface area contributed by atoms with E-state index >= 15 is 0 Å². The Morgan fingerprint density at radius 3 is 2.56 bits per heavy atom. The molecule has 0 aliphatic carbocycles. The van der Waals surface area contributed by atoms with Crippen molar-refractivity contribution in [2.75, 3.05) is 24.6 Å². The van der Waals surface area contributed by atoms with Gasteiger partial charge < -0.3 is 9.64 Å². The van der Waals surface area contributed by atoms with E-state index in [0.29, 0.717) is 36.5 Å². The highest BCUT2D eigenvalue weighted by molar-refractivity contribution is 5.96. The summed E-state index contributed by atoms with van der Waals surface area (Å²) < 4.78 is 7.50. The van der Waals surface area contributed by atoms with Gasteiger partial charge in [0.05, 0.1) is 12.3 Å². The lowest BCUT2D eigenvalue weighted by Gasteiger charge is -2.27. The molecule has 0 spiro atoms. The zero-order chi connectivity index (χ0) is 22.9. The summed E-state index contributed by atoms with van der Waals surface area (Å²) in [7, 11) is 0. The van der Waals surface area contributed by atoms with Crippen LogP contribution in [0.3, 0.4) is 0 Å². The van der Waals surface area contributed by atoms with Crippen LogP contribution in [0.5, 0.6) is 5.75 Å². The molecule has 1 aliphatic rings. The monoisotopic (exact) mass is 436 g/mol. The van der Waals surface area contributed by atoms with E-state index in [4.69, 9.17) is 14.3 Å². The van der Waals surface area contributed by atoms with Crippen molar-refractivity contribution < 1.29 is 19.1 Å². The number of ketones is 1. The fraction of sp³-hybridized carbons (Fsp3) is 0.417. The first kappa shape index (κ1) is 23.2. The Morgan fingerprint density at radius 2 is 1.91 bits per heavy atom. The third-order valence-electron chi connectivity index (χ3n) is 5.48. The zero-order valence-corrected chi connectivity index (χ0v) is 18.5. The fourth-order valence-electron chi connectivity index (χ4n) is 4.01. The Labute approximate surface area is 187 Å². The molecule has 0 amide bonds. The Bertz CT molecular complexity index is 1080. The number of aryl methyl sites for hydroxylation is 2. The molecule has 1 fully saturated rings. The summed E-state index contributed by atoms with van der Waals surface area (Å²) >= 11 is 0. The van der Waals surface area contributed by atoms with Gasteiger partial charge in [0.2, 0.25) is 0 Å². The number of hydrogen-bond donors (Lipinski definition) is 0. The van der Waals surface area contributed by atoms with Crippen LogP contribution in [0.25, 0.3) is 5.65 Å². The van der Waals surface area contributed by atoms with Crippen LogP contribution in [0.4, 0.5) is 5.82 Å². The second kappa shape index (κ2) is 11.2. The largest absolute Gasteiger partial charge is 0.490 e. The molecular weight excluding hydrogens is 408 g/mol. The number of carbonyl (C=O) groups excluding carboxylic acids is 3. The van der Waals surface area contributed by atoms with Gasteiger partial charge in [-0.2, -0.15) is 9.59 Å². The lowest BCUT2D eigenvalue weighted by atomic mass is 10.1. The number of ether oxygens (including phenoxy) is 1. The van der Waals surface area contributed by atoms with Crippen molar-refractivity contribution in [1.82, 2.24) is 14.4 Å². The first-order chi connectivity index (χ1) is 15.6. The van der Waals surface area contributed by atoms with E-state index in [0.717, 1.165) is 30.2 Å². The molecule has 32 heavy (non-hydrogen) atoms. The molecule has 0 atom stereocenters. The van der Waals surface area contributed by atoms with Crippen LogP contribution < -0.4 is 9.64 Å². The molecular formula is C24H28N4O4. The topological polar surface area (TPSA) is 93.9 Å². The first-order valence-corrected chi connectivity index (χ1v) is 10.9. The number of carbonyl (C=O) groups is 1. The summed E-state index contributed by atoms with van der Waals surface area (Å²) in [6.07, 6.45) is 8.92. The van der Waals surface area contributed by atoms with Crippen LogP contribution in [-0.2, 0) is 16.0 Å². The van der Waals surface area contributed by atoms with Gasteiger partial charge in [-0.3, -0.25) is 9.20 Å². The average molecular weight is 437 g/mol. The van der Waals surface area contributed by atoms with E-state index in [-0.39, 0.29) is 11.9 Å². The molecule has 0 saturated carbocycles. The molecule has 1 aliphatic heterocycles. The molecule has 8 heteroatoms. The summed E-state index contributed by atoms with van der Waals surface area (Å²) in [5.41, 5.74) is 3.16. The van der Waals surface area contributed by atoms with Gasteiger partial charge in [0.25, 0.3) is 0 Å². The number of rotatable bonds is 7. The lowest BCUT2D eigenvalue weighted by Crippen LogP contribution is -2.30. The lowest BCUT2D eigenvalue weighted by molar-refractivity contribution is -0.191. The van der Waals surface area contributed by atoms with Gasteiger partial charge in [-0.25, -0.2) is 9.97 Å².